The van der Waals surface area contributed by atoms with E-state index in [1.807, 2.05) is 6.07 Å². The van der Waals surface area contributed by atoms with Gasteiger partial charge in [0.1, 0.15) is 0 Å². The Kier molecular flexibility index (Phi) is 5.02. The van der Waals surface area contributed by atoms with E-state index in [4.69, 9.17) is 0 Å². The number of pyridine rings is 1. The second-order valence-corrected chi connectivity index (χ2v) is 8.48. The van der Waals surface area contributed by atoms with Crippen LogP contribution in [0.3, 0.4) is 0 Å². The zero-order valence-corrected chi connectivity index (χ0v) is 17.1. The predicted octanol–water partition coefficient (Wildman–Crippen LogP) is 4.59. The van der Waals surface area contributed by atoms with Crippen molar-refractivity contribution in [1.82, 2.24) is 14.9 Å². The van der Waals surface area contributed by atoms with Gasteiger partial charge in [-0.2, -0.15) is 0 Å². The number of aromatic nitrogens is 2. The third-order valence-corrected chi connectivity index (χ3v) is 5.34. The number of carbonyl (C=O) groups excluding carboxylic acids is 1. The summed E-state index contributed by atoms with van der Waals surface area (Å²) in [5.74, 6) is 0.499. The van der Waals surface area contributed by atoms with Crippen LogP contribution in [0.4, 0.5) is 5.69 Å². The fraction of sp³-hybridized carbons (Fsp3) is 0.333. The highest BCUT2D eigenvalue weighted by Crippen LogP contribution is 2.30. The Bertz CT molecular complexity index is 995. The van der Waals surface area contributed by atoms with Crippen molar-refractivity contribution < 1.29 is 4.79 Å². The van der Waals surface area contributed by atoms with Crippen molar-refractivity contribution in [3.63, 3.8) is 0 Å². The smallest absolute Gasteiger partial charge is 0.257 e. The number of H-pyrrole nitrogens is 1. The van der Waals surface area contributed by atoms with Gasteiger partial charge in [0.05, 0.1) is 5.56 Å². The number of fused-ring (bicyclic) bond motifs is 3. The molecule has 0 fully saturated rings. The number of hydrogen-bond donors (Lipinski definition) is 2. The van der Waals surface area contributed by atoms with Gasteiger partial charge in [-0.1, -0.05) is 13.8 Å². The highest BCUT2D eigenvalue weighted by molar-refractivity contribution is 9.10. The first kappa shape index (κ1) is 18.2. The van der Waals surface area contributed by atoms with Crippen LogP contribution in [-0.4, -0.2) is 33.9 Å². The number of nitrogens with zero attached hydrogens (tertiary/aromatic N) is 2. The van der Waals surface area contributed by atoms with Crippen LogP contribution in [0.2, 0.25) is 0 Å². The summed E-state index contributed by atoms with van der Waals surface area (Å²) in [6.45, 7) is 7.68. The van der Waals surface area contributed by atoms with Gasteiger partial charge < -0.3 is 10.3 Å². The van der Waals surface area contributed by atoms with Crippen molar-refractivity contribution in [3.8, 4) is 0 Å². The van der Waals surface area contributed by atoms with Gasteiger partial charge in [0.2, 0.25) is 0 Å². The molecule has 1 aliphatic rings. The number of rotatable bonds is 4. The maximum absolute atomic E-state index is 12.5. The molecule has 0 bridgehead atoms. The zero-order valence-electron chi connectivity index (χ0n) is 15.6. The molecule has 1 aliphatic heterocycles. The van der Waals surface area contributed by atoms with Crippen LogP contribution in [0.25, 0.3) is 10.9 Å². The molecule has 0 aliphatic carbocycles. The van der Waals surface area contributed by atoms with Crippen molar-refractivity contribution in [3.05, 3.63) is 58.0 Å². The molecule has 0 radical (unpaired) electrons. The summed E-state index contributed by atoms with van der Waals surface area (Å²) >= 11 is 3.36. The molecule has 2 aromatic heterocycles. The van der Waals surface area contributed by atoms with E-state index in [1.165, 1.54) is 16.6 Å². The van der Waals surface area contributed by atoms with Gasteiger partial charge in [-0.15, -0.1) is 0 Å². The molecule has 3 heterocycles. The number of halogens is 1. The molecule has 6 heteroatoms. The van der Waals surface area contributed by atoms with Gasteiger partial charge >= 0.3 is 0 Å². The third kappa shape index (κ3) is 3.92. The van der Waals surface area contributed by atoms with Crippen molar-refractivity contribution >= 4 is 38.4 Å². The molecule has 27 heavy (non-hydrogen) atoms. The van der Waals surface area contributed by atoms with Gasteiger partial charge in [0, 0.05) is 65.2 Å². The van der Waals surface area contributed by atoms with E-state index >= 15 is 0 Å². The molecule has 0 saturated heterocycles. The first-order valence-corrected chi connectivity index (χ1v) is 10.1. The molecule has 140 valence electrons. The minimum absolute atomic E-state index is 0.158. The SMILES string of the molecule is CC(C)CN1CCc2[nH]c3ccc(NC(=O)c4cncc(Br)c4)cc3c2C1. The molecule has 0 atom stereocenters. The maximum Gasteiger partial charge on any atom is 0.257 e. The molecule has 4 rings (SSSR count). The number of anilines is 1. The molecule has 0 spiro atoms. The van der Waals surface area contributed by atoms with E-state index in [0.29, 0.717) is 11.5 Å². The largest absolute Gasteiger partial charge is 0.358 e. The Morgan fingerprint density at radius 2 is 2.19 bits per heavy atom. The molecule has 3 aromatic rings. The number of carbonyl (C=O) groups is 1. The van der Waals surface area contributed by atoms with Crippen LogP contribution < -0.4 is 5.32 Å². The van der Waals surface area contributed by atoms with Crippen molar-refractivity contribution in [2.75, 3.05) is 18.4 Å². The number of amides is 1. The van der Waals surface area contributed by atoms with Crippen LogP contribution in [-0.2, 0) is 13.0 Å². The number of benzene rings is 1. The Morgan fingerprint density at radius 1 is 1.33 bits per heavy atom. The van der Waals surface area contributed by atoms with Crippen LogP contribution >= 0.6 is 15.9 Å². The fourth-order valence-electron chi connectivity index (χ4n) is 3.76. The lowest BCUT2D eigenvalue weighted by Crippen LogP contribution is -2.33. The quantitative estimate of drug-likeness (QED) is 0.640. The molecule has 5 nitrogen and oxygen atoms in total. The van der Waals surface area contributed by atoms with E-state index < -0.39 is 0 Å². The third-order valence-electron chi connectivity index (χ3n) is 4.90. The minimum Gasteiger partial charge on any atom is -0.358 e. The van der Waals surface area contributed by atoms with E-state index in [9.17, 15) is 4.79 Å². The Balaban J connectivity index is 1.60. The first-order valence-electron chi connectivity index (χ1n) is 9.27. The molecule has 0 unspecified atom stereocenters. The normalized spacial score (nSPS) is 14.5. The standard InChI is InChI=1S/C21H23BrN4O/c1-13(2)11-26-6-5-20-18(12-26)17-8-16(3-4-19(17)25-20)24-21(27)14-7-15(22)10-23-9-14/h3-4,7-10,13,25H,5-6,11-12H2,1-2H3,(H,24,27). The number of aromatic amines is 1. The second kappa shape index (κ2) is 7.44. The summed E-state index contributed by atoms with van der Waals surface area (Å²) < 4.78 is 0.788. The summed E-state index contributed by atoms with van der Waals surface area (Å²) in [7, 11) is 0. The van der Waals surface area contributed by atoms with Crippen LogP contribution in [0, 0.1) is 5.92 Å². The molecule has 0 saturated carbocycles. The van der Waals surface area contributed by atoms with Crippen LogP contribution in [0.15, 0.2) is 41.1 Å². The zero-order chi connectivity index (χ0) is 19.0. The van der Waals surface area contributed by atoms with E-state index in [1.54, 1.807) is 18.5 Å². The summed E-state index contributed by atoms with van der Waals surface area (Å²) in [6.07, 6.45) is 4.28. The van der Waals surface area contributed by atoms with Gasteiger partial charge in [-0.3, -0.25) is 14.7 Å². The number of nitrogens with one attached hydrogen (secondary N) is 2. The van der Waals surface area contributed by atoms with Gasteiger partial charge in [0.25, 0.3) is 5.91 Å². The van der Waals surface area contributed by atoms with Crippen molar-refractivity contribution in [1.29, 1.82) is 0 Å². The van der Waals surface area contributed by atoms with Crippen LogP contribution in [0.1, 0.15) is 35.5 Å². The van der Waals surface area contributed by atoms with Gasteiger partial charge in [0.15, 0.2) is 0 Å². The fourth-order valence-corrected chi connectivity index (χ4v) is 4.12. The lowest BCUT2D eigenvalue weighted by molar-refractivity contribution is 0.102. The Labute approximate surface area is 167 Å². The summed E-state index contributed by atoms with van der Waals surface area (Å²) in [5.41, 5.74) is 5.15. The average molecular weight is 427 g/mol. The average Bonchev–Trinajstić information content (AvgIpc) is 2.98. The van der Waals surface area contributed by atoms with Crippen molar-refractivity contribution in [2.24, 2.45) is 5.92 Å². The van der Waals surface area contributed by atoms with E-state index in [0.717, 1.165) is 41.7 Å². The highest BCUT2D eigenvalue weighted by Gasteiger charge is 2.21. The summed E-state index contributed by atoms with van der Waals surface area (Å²) in [4.78, 5) is 22.6. The molecular weight excluding hydrogens is 404 g/mol. The van der Waals surface area contributed by atoms with E-state index in [2.05, 4.69) is 62.1 Å². The minimum atomic E-state index is -0.158. The lowest BCUT2D eigenvalue weighted by atomic mass is 10.0. The number of hydrogen-bond acceptors (Lipinski definition) is 3. The molecule has 2 N–H and O–H groups in total. The van der Waals surface area contributed by atoms with Crippen LogP contribution in [0.5, 0.6) is 0 Å². The molecule has 1 amide bonds. The predicted molar refractivity (Wildman–Crippen MR) is 112 cm³/mol. The maximum atomic E-state index is 12.5. The van der Waals surface area contributed by atoms with Gasteiger partial charge in [-0.25, -0.2) is 0 Å². The Morgan fingerprint density at radius 3 is 2.96 bits per heavy atom. The second-order valence-electron chi connectivity index (χ2n) is 7.57. The Hall–Kier alpha value is -2.18. The van der Waals surface area contributed by atoms with Gasteiger partial charge in [-0.05, 0) is 51.7 Å². The monoisotopic (exact) mass is 426 g/mol. The highest BCUT2D eigenvalue weighted by atomic mass is 79.9. The topological polar surface area (TPSA) is 61.0 Å². The van der Waals surface area contributed by atoms with E-state index in [-0.39, 0.29) is 5.91 Å². The molecule has 1 aromatic carbocycles. The summed E-state index contributed by atoms with van der Waals surface area (Å²) in [6, 6.07) is 7.84. The first-order chi connectivity index (χ1) is 13.0. The molecular formula is C21H23BrN4O. The lowest BCUT2D eigenvalue weighted by Gasteiger charge is -2.28. The van der Waals surface area contributed by atoms with Crippen molar-refractivity contribution in [2.45, 2.75) is 26.8 Å². The summed E-state index contributed by atoms with van der Waals surface area (Å²) in [5, 5.41) is 4.19.